The van der Waals surface area contributed by atoms with Crippen LogP contribution in [-0.4, -0.2) is 20.7 Å². The van der Waals surface area contributed by atoms with Crippen molar-refractivity contribution in [2.45, 2.75) is 0 Å². The molecule has 2 aromatic rings. The van der Waals surface area contributed by atoms with Crippen LogP contribution in [0.4, 0.5) is 11.4 Å². The molecule has 0 aliphatic rings. The Bertz CT molecular complexity index is 519. The molecule has 0 saturated heterocycles. The summed E-state index contributed by atoms with van der Waals surface area (Å²) >= 11 is 0. The highest BCUT2D eigenvalue weighted by Crippen LogP contribution is 2.16. The Morgan fingerprint density at radius 3 is 2.88 bits per heavy atom. The number of amides is 1. The minimum atomic E-state index is -0.252. The second kappa shape index (κ2) is 4.01. The number of nitrogen functional groups attached to an aromatic ring is 1. The van der Waals surface area contributed by atoms with Crippen molar-refractivity contribution in [3.8, 4) is 0 Å². The van der Waals surface area contributed by atoms with Crippen LogP contribution in [0.3, 0.4) is 0 Å². The summed E-state index contributed by atoms with van der Waals surface area (Å²) in [5, 5.41) is 6.60. The maximum absolute atomic E-state index is 11.8. The molecule has 0 aromatic carbocycles. The standard InChI is InChI=1S/C10H11N5O/c1-15-9(3-5-13-15)10(16)14-8-2-4-12-6-7(8)11/h2-6H,11H2,1H3,(H,12,14,16). The summed E-state index contributed by atoms with van der Waals surface area (Å²) in [4.78, 5) is 15.6. The highest BCUT2D eigenvalue weighted by molar-refractivity contribution is 6.04. The molecule has 0 atom stereocenters. The second-order valence-corrected chi connectivity index (χ2v) is 3.26. The lowest BCUT2D eigenvalue weighted by Gasteiger charge is -2.07. The lowest BCUT2D eigenvalue weighted by molar-refractivity contribution is 0.101. The van der Waals surface area contributed by atoms with Gasteiger partial charge in [-0.15, -0.1) is 0 Å². The van der Waals surface area contributed by atoms with E-state index in [1.54, 1.807) is 31.6 Å². The van der Waals surface area contributed by atoms with Crippen molar-refractivity contribution in [1.82, 2.24) is 14.8 Å². The van der Waals surface area contributed by atoms with Crippen molar-refractivity contribution in [2.75, 3.05) is 11.1 Å². The zero-order valence-corrected chi connectivity index (χ0v) is 8.71. The molecule has 6 nitrogen and oxygen atoms in total. The second-order valence-electron chi connectivity index (χ2n) is 3.26. The molecule has 16 heavy (non-hydrogen) atoms. The monoisotopic (exact) mass is 217 g/mol. The van der Waals surface area contributed by atoms with E-state index in [9.17, 15) is 4.79 Å². The predicted molar refractivity (Wildman–Crippen MR) is 59.8 cm³/mol. The van der Waals surface area contributed by atoms with Gasteiger partial charge in [0.2, 0.25) is 0 Å². The SMILES string of the molecule is Cn1nccc1C(=O)Nc1ccncc1N. The number of carbonyl (C=O) groups is 1. The van der Waals surface area contributed by atoms with Gasteiger partial charge in [-0.2, -0.15) is 5.10 Å². The van der Waals surface area contributed by atoms with Crippen molar-refractivity contribution in [3.05, 3.63) is 36.4 Å². The van der Waals surface area contributed by atoms with Gasteiger partial charge in [0, 0.05) is 19.4 Å². The molecule has 0 radical (unpaired) electrons. The first-order valence-electron chi connectivity index (χ1n) is 4.67. The van der Waals surface area contributed by atoms with E-state index in [-0.39, 0.29) is 5.91 Å². The lowest BCUT2D eigenvalue weighted by atomic mass is 10.3. The van der Waals surface area contributed by atoms with Crippen LogP contribution >= 0.6 is 0 Å². The molecule has 0 spiro atoms. The van der Waals surface area contributed by atoms with Crippen LogP contribution in [0.1, 0.15) is 10.5 Å². The molecular weight excluding hydrogens is 206 g/mol. The highest BCUT2D eigenvalue weighted by atomic mass is 16.2. The van der Waals surface area contributed by atoms with Crippen LogP contribution in [0.2, 0.25) is 0 Å². The summed E-state index contributed by atoms with van der Waals surface area (Å²) in [6, 6.07) is 3.27. The number of aryl methyl sites for hydroxylation is 1. The third-order valence-corrected chi connectivity index (χ3v) is 2.15. The largest absolute Gasteiger partial charge is 0.396 e. The van der Waals surface area contributed by atoms with Crippen LogP contribution in [0, 0.1) is 0 Å². The predicted octanol–water partition coefficient (Wildman–Crippen LogP) is 0.650. The molecule has 2 rings (SSSR count). The van der Waals surface area contributed by atoms with Gasteiger partial charge in [0.15, 0.2) is 0 Å². The Morgan fingerprint density at radius 1 is 1.44 bits per heavy atom. The average Bonchev–Trinajstić information content (AvgIpc) is 2.68. The number of pyridine rings is 1. The lowest BCUT2D eigenvalue weighted by Crippen LogP contribution is -2.16. The van der Waals surface area contributed by atoms with E-state index in [2.05, 4.69) is 15.4 Å². The maximum atomic E-state index is 11.8. The fourth-order valence-electron chi connectivity index (χ4n) is 1.30. The first-order chi connectivity index (χ1) is 7.68. The molecule has 0 unspecified atom stereocenters. The van der Waals surface area contributed by atoms with Crippen LogP contribution in [0.15, 0.2) is 30.7 Å². The van der Waals surface area contributed by atoms with Crippen molar-refractivity contribution < 1.29 is 4.79 Å². The molecule has 0 saturated carbocycles. The molecule has 82 valence electrons. The van der Waals surface area contributed by atoms with Crippen LogP contribution < -0.4 is 11.1 Å². The first-order valence-corrected chi connectivity index (χ1v) is 4.67. The summed E-state index contributed by atoms with van der Waals surface area (Å²) in [5.41, 5.74) is 7.10. The van der Waals surface area contributed by atoms with Gasteiger partial charge in [-0.3, -0.25) is 14.5 Å². The normalized spacial score (nSPS) is 10.1. The van der Waals surface area contributed by atoms with Crippen molar-refractivity contribution in [2.24, 2.45) is 7.05 Å². The Kier molecular flexibility index (Phi) is 2.55. The van der Waals surface area contributed by atoms with Gasteiger partial charge in [-0.25, -0.2) is 0 Å². The number of aromatic nitrogens is 3. The molecule has 0 fully saturated rings. The van der Waals surface area contributed by atoms with Crippen molar-refractivity contribution >= 4 is 17.3 Å². The minimum Gasteiger partial charge on any atom is -0.396 e. The number of carbonyl (C=O) groups excluding carboxylic acids is 1. The molecule has 0 aliphatic carbocycles. The molecule has 3 N–H and O–H groups in total. The Balaban J connectivity index is 2.21. The van der Waals surface area contributed by atoms with Gasteiger partial charge in [0.1, 0.15) is 5.69 Å². The van der Waals surface area contributed by atoms with E-state index >= 15 is 0 Å². The molecule has 6 heteroatoms. The zero-order valence-electron chi connectivity index (χ0n) is 8.71. The van der Waals surface area contributed by atoms with Gasteiger partial charge in [0.25, 0.3) is 5.91 Å². The van der Waals surface area contributed by atoms with Gasteiger partial charge >= 0.3 is 0 Å². The number of hydrogen-bond acceptors (Lipinski definition) is 4. The summed E-state index contributed by atoms with van der Waals surface area (Å²) in [7, 11) is 1.70. The molecule has 1 amide bonds. The van der Waals surface area contributed by atoms with E-state index in [1.807, 2.05) is 0 Å². The zero-order chi connectivity index (χ0) is 11.5. The van der Waals surface area contributed by atoms with Crippen LogP contribution in [0.5, 0.6) is 0 Å². The molecule has 0 bridgehead atoms. The fraction of sp³-hybridized carbons (Fsp3) is 0.100. The number of anilines is 2. The third-order valence-electron chi connectivity index (χ3n) is 2.15. The molecule has 2 aromatic heterocycles. The summed E-state index contributed by atoms with van der Waals surface area (Å²) < 4.78 is 1.49. The van der Waals surface area contributed by atoms with E-state index in [0.717, 1.165) is 0 Å². The molecular formula is C10H11N5O. The number of nitrogens with one attached hydrogen (secondary N) is 1. The summed E-state index contributed by atoms with van der Waals surface area (Å²) in [5.74, 6) is -0.252. The topological polar surface area (TPSA) is 85.8 Å². The molecule has 2 heterocycles. The van der Waals surface area contributed by atoms with Crippen molar-refractivity contribution in [3.63, 3.8) is 0 Å². The van der Waals surface area contributed by atoms with E-state index in [0.29, 0.717) is 17.1 Å². The Labute approximate surface area is 92.1 Å². The van der Waals surface area contributed by atoms with E-state index in [4.69, 9.17) is 5.73 Å². The first kappa shape index (κ1) is 10.2. The third kappa shape index (κ3) is 1.85. The molecule has 0 aliphatic heterocycles. The average molecular weight is 217 g/mol. The Hall–Kier alpha value is -2.37. The number of rotatable bonds is 2. The van der Waals surface area contributed by atoms with Gasteiger partial charge in [-0.05, 0) is 12.1 Å². The summed E-state index contributed by atoms with van der Waals surface area (Å²) in [6.45, 7) is 0. The maximum Gasteiger partial charge on any atom is 0.273 e. The number of nitrogens with two attached hydrogens (primary N) is 1. The number of hydrogen-bond donors (Lipinski definition) is 2. The van der Waals surface area contributed by atoms with Gasteiger partial charge in [0.05, 0.1) is 17.6 Å². The van der Waals surface area contributed by atoms with Crippen LogP contribution in [0.25, 0.3) is 0 Å². The fourth-order valence-corrected chi connectivity index (χ4v) is 1.30. The van der Waals surface area contributed by atoms with E-state index < -0.39 is 0 Å². The minimum absolute atomic E-state index is 0.252. The van der Waals surface area contributed by atoms with Crippen molar-refractivity contribution in [1.29, 1.82) is 0 Å². The van der Waals surface area contributed by atoms with Crippen LogP contribution in [-0.2, 0) is 7.05 Å². The van der Waals surface area contributed by atoms with E-state index in [1.165, 1.54) is 10.9 Å². The van der Waals surface area contributed by atoms with Gasteiger partial charge < -0.3 is 11.1 Å². The smallest absolute Gasteiger partial charge is 0.273 e. The summed E-state index contributed by atoms with van der Waals surface area (Å²) in [6.07, 6.45) is 4.61. The Morgan fingerprint density at radius 2 is 2.25 bits per heavy atom. The number of nitrogens with zero attached hydrogens (tertiary/aromatic N) is 3. The quantitative estimate of drug-likeness (QED) is 0.773. The highest BCUT2D eigenvalue weighted by Gasteiger charge is 2.10. The van der Waals surface area contributed by atoms with Gasteiger partial charge in [-0.1, -0.05) is 0 Å².